The van der Waals surface area contributed by atoms with Crippen molar-refractivity contribution in [1.82, 2.24) is 0 Å². The molecule has 3 heterocycles. The second-order valence-corrected chi connectivity index (χ2v) is 16.5. The summed E-state index contributed by atoms with van der Waals surface area (Å²) in [7, 11) is 0. The standard InChI is InChI=1S/C52H31NOS2/c1-2-10-32(11-3-1)33-20-25-36(26-21-33)53(44-17-9-18-45-48(44)43-29-24-34-12-4-5-13-38(34)50(43)54-45)37-27-22-35(23-28-37)39-15-8-16-40-41-30-31-47-49(52(41)56-51(39)40)42-14-6-7-19-46(42)55-47/h1-31H. The van der Waals surface area contributed by atoms with E-state index in [0.29, 0.717) is 0 Å². The summed E-state index contributed by atoms with van der Waals surface area (Å²) in [5.41, 5.74) is 9.89. The molecule has 0 atom stereocenters. The minimum atomic E-state index is 0.875. The van der Waals surface area contributed by atoms with Crippen molar-refractivity contribution < 1.29 is 4.42 Å². The Morgan fingerprint density at radius 1 is 0.375 bits per heavy atom. The van der Waals surface area contributed by atoms with Gasteiger partial charge in [0.1, 0.15) is 11.2 Å². The van der Waals surface area contributed by atoms with Crippen molar-refractivity contribution in [3.63, 3.8) is 0 Å². The Bertz CT molecular complexity index is 3460. The number of benzene rings is 9. The van der Waals surface area contributed by atoms with Crippen molar-refractivity contribution in [2.75, 3.05) is 4.90 Å². The van der Waals surface area contributed by atoms with Gasteiger partial charge in [0, 0.05) is 62.5 Å². The Morgan fingerprint density at radius 2 is 1.04 bits per heavy atom. The number of anilines is 3. The van der Waals surface area contributed by atoms with Gasteiger partial charge in [-0.25, -0.2) is 0 Å². The maximum atomic E-state index is 6.67. The summed E-state index contributed by atoms with van der Waals surface area (Å²) in [5.74, 6) is 0. The van der Waals surface area contributed by atoms with Crippen LogP contribution in [-0.4, -0.2) is 0 Å². The van der Waals surface area contributed by atoms with E-state index in [1.807, 2.05) is 22.7 Å². The highest BCUT2D eigenvalue weighted by Crippen LogP contribution is 2.48. The SMILES string of the molecule is c1ccc(-c2ccc(N(c3ccc(-c4cccc5c4sc4c5ccc5sc6ccccc6c54)cc3)c3cccc4oc5c6ccccc6ccc5c34)cc2)cc1. The normalized spacial score (nSPS) is 11.9. The van der Waals surface area contributed by atoms with Gasteiger partial charge in [-0.3, -0.25) is 0 Å². The Hall–Kier alpha value is -6.72. The molecule has 0 unspecified atom stereocenters. The van der Waals surface area contributed by atoms with Crippen LogP contribution in [0.15, 0.2) is 192 Å². The molecule has 0 bridgehead atoms. The van der Waals surface area contributed by atoms with Crippen molar-refractivity contribution in [2.45, 2.75) is 0 Å². The van der Waals surface area contributed by atoms with Gasteiger partial charge in [-0.1, -0.05) is 133 Å². The molecular formula is C52H31NOS2. The van der Waals surface area contributed by atoms with Crippen LogP contribution >= 0.6 is 22.7 Å². The molecule has 12 aromatic rings. The molecule has 0 N–H and O–H groups in total. The number of hydrogen-bond acceptors (Lipinski definition) is 4. The Balaban J connectivity index is 1.03. The van der Waals surface area contributed by atoms with Gasteiger partial charge in [0.25, 0.3) is 0 Å². The molecule has 0 fully saturated rings. The van der Waals surface area contributed by atoms with Crippen LogP contribution in [0.4, 0.5) is 17.1 Å². The molecule has 9 aromatic carbocycles. The lowest BCUT2D eigenvalue weighted by Gasteiger charge is -2.26. The number of rotatable bonds is 5. The monoisotopic (exact) mass is 749 g/mol. The van der Waals surface area contributed by atoms with Crippen LogP contribution in [0.1, 0.15) is 0 Å². The zero-order chi connectivity index (χ0) is 36.7. The van der Waals surface area contributed by atoms with Crippen LogP contribution in [0, 0.1) is 0 Å². The van der Waals surface area contributed by atoms with Crippen LogP contribution in [0.5, 0.6) is 0 Å². The number of fused-ring (bicyclic) bond motifs is 12. The van der Waals surface area contributed by atoms with E-state index in [1.165, 1.54) is 68.0 Å². The molecule has 12 rings (SSSR count). The molecule has 0 aliphatic heterocycles. The third-order valence-electron chi connectivity index (χ3n) is 11.3. The molecule has 2 nitrogen and oxygen atoms in total. The molecule has 0 aliphatic rings. The highest BCUT2D eigenvalue weighted by Gasteiger charge is 2.21. The van der Waals surface area contributed by atoms with E-state index >= 15 is 0 Å². The van der Waals surface area contributed by atoms with Crippen molar-refractivity contribution in [1.29, 1.82) is 0 Å². The van der Waals surface area contributed by atoms with E-state index in [0.717, 1.165) is 44.4 Å². The second-order valence-electron chi connectivity index (χ2n) is 14.4. The third kappa shape index (κ3) is 4.80. The average Bonchev–Trinajstić information content (AvgIpc) is 3.96. The molecule has 4 heteroatoms. The maximum Gasteiger partial charge on any atom is 0.143 e. The van der Waals surface area contributed by atoms with Crippen LogP contribution in [0.2, 0.25) is 0 Å². The van der Waals surface area contributed by atoms with Gasteiger partial charge < -0.3 is 9.32 Å². The first-order chi connectivity index (χ1) is 27.8. The van der Waals surface area contributed by atoms with E-state index in [1.54, 1.807) is 0 Å². The number of hydrogen-bond donors (Lipinski definition) is 0. The Kier molecular flexibility index (Phi) is 7.00. The third-order valence-corrected chi connectivity index (χ3v) is 13.7. The first kappa shape index (κ1) is 31.6. The zero-order valence-corrected chi connectivity index (χ0v) is 31.7. The number of thiophene rings is 2. The summed E-state index contributed by atoms with van der Waals surface area (Å²) >= 11 is 3.81. The summed E-state index contributed by atoms with van der Waals surface area (Å²) in [6.45, 7) is 0. The van der Waals surface area contributed by atoms with E-state index < -0.39 is 0 Å². The molecule has 0 spiro atoms. The molecule has 0 saturated heterocycles. The molecule has 0 radical (unpaired) electrons. The van der Waals surface area contributed by atoms with Gasteiger partial charge in [-0.15, -0.1) is 22.7 Å². The van der Waals surface area contributed by atoms with Crippen LogP contribution in [0.3, 0.4) is 0 Å². The first-order valence-corrected chi connectivity index (χ1v) is 20.5. The summed E-state index contributed by atoms with van der Waals surface area (Å²) in [5, 5.41) is 9.89. The van der Waals surface area contributed by atoms with Gasteiger partial charge >= 0.3 is 0 Å². The van der Waals surface area contributed by atoms with Gasteiger partial charge in [0.15, 0.2) is 0 Å². The molecule has 0 saturated carbocycles. The van der Waals surface area contributed by atoms with Crippen LogP contribution < -0.4 is 4.90 Å². The highest BCUT2D eigenvalue weighted by molar-refractivity contribution is 7.30. The molecule has 262 valence electrons. The van der Waals surface area contributed by atoms with Crippen molar-refractivity contribution >= 4 is 113 Å². The van der Waals surface area contributed by atoms with Crippen LogP contribution in [0.25, 0.3) is 95.3 Å². The fourth-order valence-electron chi connectivity index (χ4n) is 8.66. The summed E-state index contributed by atoms with van der Waals surface area (Å²) in [6, 6.07) is 68.1. The first-order valence-electron chi connectivity index (χ1n) is 18.9. The summed E-state index contributed by atoms with van der Waals surface area (Å²) in [6.07, 6.45) is 0. The van der Waals surface area contributed by atoms with Gasteiger partial charge in [0.2, 0.25) is 0 Å². The molecule has 56 heavy (non-hydrogen) atoms. The quantitative estimate of drug-likeness (QED) is 0.174. The smallest absolute Gasteiger partial charge is 0.143 e. The second kappa shape index (κ2) is 12.4. The summed E-state index contributed by atoms with van der Waals surface area (Å²) < 4.78 is 12.1. The fraction of sp³-hybridized carbons (Fsp3) is 0. The predicted octanol–water partition coefficient (Wildman–Crippen LogP) is 16.3. The number of furan rings is 1. The van der Waals surface area contributed by atoms with Crippen molar-refractivity contribution in [2.24, 2.45) is 0 Å². The lowest BCUT2D eigenvalue weighted by Crippen LogP contribution is -2.10. The Labute approximate surface area is 330 Å². The van der Waals surface area contributed by atoms with Crippen LogP contribution in [-0.2, 0) is 0 Å². The minimum Gasteiger partial charge on any atom is -0.455 e. The minimum absolute atomic E-state index is 0.875. The lowest BCUT2D eigenvalue weighted by molar-refractivity contribution is 0.672. The zero-order valence-electron chi connectivity index (χ0n) is 30.1. The fourth-order valence-corrected chi connectivity index (χ4v) is 11.2. The Morgan fingerprint density at radius 3 is 1.88 bits per heavy atom. The molecule has 0 aliphatic carbocycles. The van der Waals surface area contributed by atoms with E-state index in [-0.39, 0.29) is 0 Å². The lowest BCUT2D eigenvalue weighted by atomic mass is 10.0. The van der Waals surface area contributed by atoms with Gasteiger partial charge in [-0.05, 0) is 82.2 Å². The van der Waals surface area contributed by atoms with Gasteiger partial charge in [0.05, 0.1) is 11.1 Å². The van der Waals surface area contributed by atoms with E-state index in [9.17, 15) is 0 Å². The van der Waals surface area contributed by atoms with E-state index in [4.69, 9.17) is 4.42 Å². The van der Waals surface area contributed by atoms with Crippen molar-refractivity contribution in [3.8, 4) is 22.3 Å². The maximum absolute atomic E-state index is 6.67. The largest absolute Gasteiger partial charge is 0.455 e. The average molecular weight is 750 g/mol. The van der Waals surface area contributed by atoms with Crippen molar-refractivity contribution in [3.05, 3.63) is 188 Å². The molecule has 0 amide bonds. The molecule has 3 aromatic heterocycles. The number of nitrogens with zero attached hydrogens (tertiary/aromatic N) is 1. The van der Waals surface area contributed by atoms with E-state index in [2.05, 4.69) is 193 Å². The highest BCUT2D eigenvalue weighted by atomic mass is 32.1. The van der Waals surface area contributed by atoms with Gasteiger partial charge in [-0.2, -0.15) is 0 Å². The summed E-state index contributed by atoms with van der Waals surface area (Å²) in [4.78, 5) is 2.38. The predicted molar refractivity (Wildman–Crippen MR) is 243 cm³/mol. The topological polar surface area (TPSA) is 16.4 Å². The molecular weight excluding hydrogens is 719 g/mol.